The number of hydrogen-bond acceptors (Lipinski definition) is 4. The van der Waals surface area contributed by atoms with Crippen molar-refractivity contribution in [2.24, 2.45) is 11.5 Å². The maximum atomic E-state index is 5.68. The van der Waals surface area contributed by atoms with Crippen LogP contribution in [0.3, 0.4) is 0 Å². The minimum absolute atomic E-state index is 0.710. The van der Waals surface area contributed by atoms with Crippen LogP contribution in [0.4, 0.5) is 0 Å². The molecule has 2 rings (SSSR count). The molecule has 0 heterocycles. The molecule has 2 nitrogen and oxygen atoms in total. The van der Waals surface area contributed by atoms with E-state index in [1.165, 1.54) is 22.3 Å². The highest BCUT2D eigenvalue weighted by Gasteiger charge is 2.04. The lowest BCUT2D eigenvalue weighted by atomic mass is 10.1. The summed E-state index contributed by atoms with van der Waals surface area (Å²) in [5.41, 5.74) is 16.9. The van der Waals surface area contributed by atoms with Gasteiger partial charge in [0.15, 0.2) is 0 Å². The summed E-state index contributed by atoms with van der Waals surface area (Å²) in [5.74, 6) is 2.06. The van der Waals surface area contributed by atoms with E-state index >= 15 is 0 Å². The van der Waals surface area contributed by atoms with Crippen molar-refractivity contribution in [3.8, 4) is 0 Å². The predicted molar refractivity (Wildman–Crippen MR) is 101 cm³/mol. The van der Waals surface area contributed by atoms with E-state index in [0.29, 0.717) is 13.1 Å². The van der Waals surface area contributed by atoms with E-state index in [9.17, 15) is 0 Å². The monoisotopic (exact) mass is 332 g/mol. The highest BCUT2D eigenvalue weighted by molar-refractivity contribution is 8.76. The molecule has 0 bridgehead atoms. The molecule has 4 N–H and O–H groups in total. The minimum Gasteiger partial charge on any atom is -0.330 e. The summed E-state index contributed by atoms with van der Waals surface area (Å²) >= 11 is 0. The van der Waals surface area contributed by atoms with Crippen molar-refractivity contribution in [3.05, 3.63) is 70.8 Å². The topological polar surface area (TPSA) is 52.0 Å². The Bertz CT molecular complexity index is 521. The Hall–Kier alpha value is -0.940. The Morgan fingerprint density at radius 3 is 1.32 bits per heavy atom. The highest BCUT2D eigenvalue weighted by atomic mass is 33.1. The van der Waals surface area contributed by atoms with Crippen molar-refractivity contribution < 1.29 is 0 Å². The van der Waals surface area contributed by atoms with Crippen LogP contribution in [0.2, 0.25) is 0 Å². The zero-order chi connectivity index (χ0) is 15.6. The van der Waals surface area contributed by atoms with Crippen molar-refractivity contribution in [1.82, 2.24) is 0 Å². The molecule has 0 aromatic heterocycles. The van der Waals surface area contributed by atoms with Crippen LogP contribution in [0.1, 0.15) is 22.3 Å². The van der Waals surface area contributed by atoms with Crippen LogP contribution in [0.25, 0.3) is 0 Å². The number of rotatable bonds is 9. The van der Waals surface area contributed by atoms with E-state index < -0.39 is 0 Å². The molecule has 0 atom stereocenters. The van der Waals surface area contributed by atoms with Gasteiger partial charge < -0.3 is 11.5 Å². The van der Waals surface area contributed by atoms with Crippen LogP contribution < -0.4 is 11.5 Å². The normalized spacial score (nSPS) is 10.8. The zero-order valence-electron chi connectivity index (χ0n) is 12.8. The third-order valence-corrected chi connectivity index (χ3v) is 5.81. The van der Waals surface area contributed by atoms with E-state index in [0.717, 1.165) is 24.3 Å². The Morgan fingerprint density at radius 1 is 0.591 bits per heavy atom. The molecule has 2 aromatic carbocycles. The molecule has 0 unspecified atom stereocenters. The SMILES string of the molecule is NCCc1ccccc1CSSCc1ccccc1CCN. The van der Waals surface area contributed by atoms with E-state index in [1.807, 2.05) is 21.6 Å². The Labute approximate surface area is 141 Å². The molecule has 0 amide bonds. The molecule has 0 aliphatic carbocycles. The first kappa shape index (κ1) is 17.4. The average Bonchev–Trinajstić information content (AvgIpc) is 2.55. The van der Waals surface area contributed by atoms with Gasteiger partial charge in [-0.2, -0.15) is 0 Å². The van der Waals surface area contributed by atoms with Gasteiger partial charge >= 0.3 is 0 Å². The smallest absolute Gasteiger partial charge is 0.0291 e. The van der Waals surface area contributed by atoms with E-state index in [1.54, 1.807) is 0 Å². The van der Waals surface area contributed by atoms with Crippen molar-refractivity contribution in [3.63, 3.8) is 0 Å². The molecule has 0 fully saturated rings. The molecule has 4 heteroatoms. The van der Waals surface area contributed by atoms with Crippen LogP contribution >= 0.6 is 21.6 Å². The Morgan fingerprint density at radius 2 is 0.955 bits per heavy atom. The molecule has 2 aromatic rings. The lowest BCUT2D eigenvalue weighted by Gasteiger charge is -2.10. The van der Waals surface area contributed by atoms with Crippen molar-refractivity contribution in [1.29, 1.82) is 0 Å². The highest BCUT2D eigenvalue weighted by Crippen LogP contribution is 2.31. The van der Waals surface area contributed by atoms with Gasteiger partial charge in [-0.1, -0.05) is 70.1 Å². The maximum Gasteiger partial charge on any atom is 0.0291 e. The van der Waals surface area contributed by atoms with Crippen molar-refractivity contribution >= 4 is 21.6 Å². The van der Waals surface area contributed by atoms with Gasteiger partial charge in [0.1, 0.15) is 0 Å². The van der Waals surface area contributed by atoms with Crippen LogP contribution in [0.5, 0.6) is 0 Å². The maximum absolute atomic E-state index is 5.68. The molecule has 0 aliphatic rings. The fourth-order valence-electron chi connectivity index (χ4n) is 2.41. The molecule has 0 radical (unpaired) electrons. The van der Waals surface area contributed by atoms with E-state index in [4.69, 9.17) is 11.5 Å². The molecular formula is C18H24N2S2. The largest absolute Gasteiger partial charge is 0.330 e. The molecular weight excluding hydrogens is 308 g/mol. The summed E-state index contributed by atoms with van der Waals surface area (Å²) in [5, 5.41) is 0. The van der Waals surface area contributed by atoms with Gasteiger partial charge in [-0.05, 0) is 48.2 Å². The van der Waals surface area contributed by atoms with Gasteiger partial charge in [0.2, 0.25) is 0 Å². The molecule has 0 aliphatic heterocycles. The van der Waals surface area contributed by atoms with Crippen molar-refractivity contribution in [2.45, 2.75) is 24.3 Å². The Balaban J connectivity index is 1.85. The standard InChI is InChI=1S/C18H24N2S2/c19-11-9-15-5-1-3-7-17(15)13-21-22-14-18-8-4-2-6-16(18)10-12-20/h1-8H,9-14,19-20H2. The predicted octanol–water partition coefficient (Wildman–Crippen LogP) is 3.77. The summed E-state index contributed by atoms with van der Waals surface area (Å²) in [6, 6.07) is 17.2. The van der Waals surface area contributed by atoms with Crippen LogP contribution in [0.15, 0.2) is 48.5 Å². The van der Waals surface area contributed by atoms with Gasteiger partial charge in [-0.3, -0.25) is 0 Å². The third-order valence-electron chi connectivity index (χ3n) is 3.58. The fraction of sp³-hybridized carbons (Fsp3) is 0.333. The second-order valence-corrected chi connectivity index (χ2v) is 7.60. The molecule has 0 saturated heterocycles. The molecule has 0 saturated carbocycles. The first-order valence-electron chi connectivity index (χ1n) is 7.63. The van der Waals surface area contributed by atoms with Gasteiger partial charge in [-0.25, -0.2) is 0 Å². The van der Waals surface area contributed by atoms with Crippen LogP contribution in [-0.2, 0) is 24.3 Å². The van der Waals surface area contributed by atoms with Gasteiger partial charge in [0, 0.05) is 11.5 Å². The molecule has 0 spiro atoms. The molecule has 22 heavy (non-hydrogen) atoms. The van der Waals surface area contributed by atoms with Crippen LogP contribution in [-0.4, -0.2) is 13.1 Å². The van der Waals surface area contributed by atoms with Gasteiger partial charge in [0.25, 0.3) is 0 Å². The summed E-state index contributed by atoms with van der Waals surface area (Å²) in [6.07, 6.45) is 1.92. The number of nitrogens with two attached hydrogens (primary N) is 2. The summed E-state index contributed by atoms with van der Waals surface area (Å²) < 4.78 is 0. The zero-order valence-corrected chi connectivity index (χ0v) is 14.5. The van der Waals surface area contributed by atoms with Crippen molar-refractivity contribution in [2.75, 3.05) is 13.1 Å². The van der Waals surface area contributed by atoms with E-state index in [2.05, 4.69) is 48.5 Å². The first-order chi connectivity index (χ1) is 10.8. The van der Waals surface area contributed by atoms with E-state index in [-0.39, 0.29) is 0 Å². The second kappa shape index (κ2) is 9.95. The number of benzene rings is 2. The Kier molecular flexibility index (Phi) is 7.88. The summed E-state index contributed by atoms with van der Waals surface area (Å²) in [4.78, 5) is 0. The van der Waals surface area contributed by atoms with Crippen LogP contribution in [0, 0.1) is 0 Å². The molecule has 118 valence electrons. The quantitative estimate of drug-likeness (QED) is 0.542. The lowest BCUT2D eigenvalue weighted by Crippen LogP contribution is -2.05. The minimum atomic E-state index is 0.710. The van der Waals surface area contributed by atoms with Gasteiger partial charge in [-0.15, -0.1) is 0 Å². The lowest BCUT2D eigenvalue weighted by molar-refractivity contribution is 0.956. The second-order valence-electron chi connectivity index (χ2n) is 5.14. The number of hydrogen-bond donors (Lipinski definition) is 2. The first-order valence-corrected chi connectivity index (χ1v) is 10.1. The summed E-state index contributed by atoms with van der Waals surface area (Å²) in [6.45, 7) is 1.42. The van der Waals surface area contributed by atoms with Gasteiger partial charge in [0.05, 0.1) is 0 Å². The third kappa shape index (κ3) is 5.36. The summed E-state index contributed by atoms with van der Waals surface area (Å²) in [7, 11) is 3.83. The average molecular weight is 333 g/mol. The fourth-order valence-corrected chi connectivity index (χ4v) is 4.65.